The van der Waals surface area contributed by atoms with Crippen LogP contribution in [0.2, 0.25) is 0 Å². The van der Waals surface area contributed by atoms with Gasteiger partial charge in [0.25, 0.3) is 0 Å². The fraction of sp³-hybridized carbons (Fsp3) is 0.292. The number of nitrogens with one attached hydrogen (secondary N) is 2. The van der Waals surface area contributed by atoms with Crippen molar-refractivity contribution >= 4 is 18.0 Å². The highest BCUT2D eigenvalue weighted by molar-refractivity contribution is 5.96. The highest BCUT2D eigenvalue weighted by atomic mass is 16.5. The molecule has 0 fully saturated rings. The minimum atomic E-state index is -1.10. The molecule has 3 N–H and O–H groups in total. The van der Waals surface area contributed by atoms with E-state index in [1.54, 1.807) is 6.08 Å². The summed E-state index contributed by atoms with van der Waals surface area (Å²) in [7, 11) is 0. The second kappa shape index (κ2) is 8.63. The van der Waals surface area contributed by atoms with Crippen LogP contribution in [0.4, 0.5) is 4.79 Å². The number of ether oxygens (including phenoxy) is 1. The number of aliphatic carboxylic acids is 1. The normalized spacial score (nSPS) is 17.8. The maximum absolute atomic E-state index is 12.4. The van der Waals surface area contributed by atoms with Crippen molar-refractivity contribution in [2.45, 2.75) is 37.8 Å². The quantitative estimate of drug-likeness (QED) is 0.666. The first-order valence-corrected chi connectivity index (χ1v) is 10.3. The molecule has 2 amide bonds. The average molecular weight is 420 g/mol. The summed E-state index contributed by atoms with van der Waals surface area (Å²) in [6.45, 7) is 1.63. The lowest BCUT2D eigenvalue weighted by Crippen LogP contribution is -2.39. The van der Waals surface area contributed by atoms with Gasteiger partial charge in [0, 0.05) is 17.5 Å². The van der Waals surface area contributed by atoms with Crippen LogP contribution in [0.15, 0.2) is 60.2 Å². The SMILES string of the molecule is CC(NC(=O)C1=CCC(NC(=O)OCC2c3ccccc3-c3ccccc32)C1)C(=O)O. The van der Waals surface area contributed by atoms with E-state index in [9.17, 15) is 14.4 Å². The maximum Gasteiger partial charge on any atom is 0.407 e. The summed E-state index contributed by atoms with van der Waals surface area (Å²) in [4.78, 5) is 35.4. The molecule has 0 aromatic heterocycles. The number of carboxylic acids is 1. The van der Waals surface area contributed by atoms with Crippen molar-refractivity contribution in [1.82, 2.24) is 10.6 Å². The number of carbonyl (C=O) groups is 3. The number of benzene rings is 2. The molecule has 4 rings (SSSR count). The number of carbonyl (C=O) groups excluding carboxylic acids is 2. The highest BCUT2D eigenvalue weighted by Crippen LogP contribution is 2.44. The topological polar surface area (TPSA) is 105 Å². The van der Waals surface area contributed by atoms with Gasteiger partial charge in [-0.05, 0) is 42.0 Å². The number of amides is 2. The van der Waals surface area contributed by atoms with Gasteiger partial charge in [0.05, 0.1) is 0 Å². The Morgan fingerprint density at radius 2 is 1.68 bits per heavy atom. The lowest BCUT2D eigenvalue weighted by Gasteiger charge is -2.17. The first-order valence-electron chi connectivity index (χ1n) is 10.3. The third-order valence-corrected chi connectivity index (χ3v) is 5.79. The third kappa shape index (κ3) is 4.30. The average Bonchev–Trinajstić information content (AvgIpc) is 3.35. The lowest BCUT2D eigenvalue weighted by molar-refractivity contribution is -0.140. The predicted octanol–water partition coefficient (Wildman–Crippen LogP) is 3.20. The molecule has 0 heterocycles. The zero-order chi connectivity index (χ0) is 22.0. The second-order valence-electron chi connectivity index (χ2n) is 7.87. The molecule has 2 aromatic carbocycles. The molecule has 31 heavy (non-hydrogen) atoms. The Bertz CT molecular complexity index is 1020. The first kappa shape index (κ1) is 20.7. The van der Waals surface area contributed by atoms with Crippen LogP contribution in [0.5, 0.6) is 0 Å². The van der Waals surface area contributed by atoms with E-state index in [0.29, 0.717) is 18.4 Å². The van der Waals surface area contributed by atoms with Gasteiger partial charge < -0.3 is 20.5 Å². The van der Waals surface area contributed by atoms with Crippen molar-refractivity contribution in [1.29, 1.82) is 0 Å². The largest absolute Gasteiger partial charge is 0.480 e. The molecule has 7 heteroatoms. The van der Waals surface area contributed by atoms with Crippen LogP contribution in [-0.2, 0) is 14.3 Å². The highest BCUT2D eigenvalue weighted by Gasteiger charge is 2.30. The van der Waals surface area contributed by atoms with E-state index in [-0.39, 0.29) is 18.6 Å². The minimum Gasteiger partial charge on any atom is -0.480 e. The Balaban J connectivity index is 1.31. The van der Waals surface area contributed by atoms with Gasteiger partial charge in [-0.3, -0.25) is 9.59 Å². The molecule has 0 aliphatic heterocycles. The van der Waals surface area contributed by atoms with E-state index in [4.69, 9.17) is 9.84 Å². The van der Waals surface area contributed by atoms with E-state index in [1.165, 1.54) is 18.1 Å². The number of fused-ring (bicyclic) bond motifs is 3. The smallest absolute Gasteiger partial charge is 0.407 e. The standard InChI is InChI=1S/C24H24N2O5/c1-14(23(28)29)25-22(27)15-10-11-16(12-15)26-24(30)31-13-21-19-8-4-2-6-17(19)18-7-3-5-9-20(18)21/h2-10,14,16,21H,11-13H2,1H3,(H,25,27)(H,26,30)(H,28,29). The molecule has 7 nitrogen and oxygen atoms in total. The molecular formula is C24H24N2O5. The van der Waals surface area contributed by atoms with Gasteiger partial charge in [-0.2, -0.15) is 0 Å². The summed E-state index contributed by atoms with van der Waals surface area (Å²) in [6, 6.07) is 15.0. The van der Waals surface area contributed by atoms with Crippen molar-refractivity contribution in [2.24, 2.45) is 0 Å². The van der Waals surface area contributed by atoms with Crippen molar-refractivity contribution < 1.29 is 24.2 Å². The van der Waals surface area contributed by atoms with Crippen molar-refractivity contribution in [3.8, 4) is 11.1 Å². The van der Waals surface area contributed by atoms with Crippen LogP contribution in [0.1, 0.15) is 36.8 Å². The van der Waals surface area contributed by atoms with E-state index in [1.807, 2.05) is 24.3 Å². The summed E-state index contributed by atoms with van der Waals surface area (Å²) in [5.41, 5.74) is 5.09. The monoisotopic (exact) mass is 420 g/mol. The van der Waals surface area contributed by atoms with E-state index in [2.05, 4.69) is 34.9 Å². The number of hydrogen-bond donors (Lipinski definition) is 3. The van der Waals surface area contributed by atoms with Gasteiger partial charge in [-0.25, -0.2) is 4.79 Å². The summed E-state index contributed by atoms with van der Waals surface area (Å²) < 4.78 is 5.54. The molecule has 2 aliphatic carbocycles. The van der Waals surface area contributed by atoms with Crippen LogP contribution in [0.3, 0.4) is 0 Å². The van der Waals surface area contributed by atoms with E-state index >= 15 is 0 Å². The lowest BCUT2D eigenvalue weighted by atomic mass is 9.98. The Hall–Kier alpha value is -3.61. The Morgan fingerprint density at radius 3 is 2.29 bits per heavy atom. The first-order chi connectivity index (χ1) is 14.9. The summed E-state index contributed by atoms with van der Waals surface area (Å²) in [6.07, 6.45) is 2.02. The molecule has 0 saturated heterocycles. The molecule has 0 bridgehead atoms. The molecule has 0 spiro atoms. The van der Waals surface area contributed by atoms with Crippen LogP contribution in [-0.4, -0.2) is 41.8 Å². The van der Waals surface area contributed by atoms with Crippen molar-refractivity contribution in [3.63, 3.8) is 0 Å². The zero-order valence-corrected chi connectivity index (χ0v) is 17.1. The molecule has 2 aliphatic rings. The van der Waals surface area contributed by atoms with Gasteiger partial charge >= 0.3 is 12.1 Å². The number of alkyl carbamates (subject to hydrolysis) is 1. The van der Waals surface area contributed by atoms with Gasteiger partial charge in [0.2, 0.25) is 5.91 Å². The van der Waals surface area contributed by atoms with Crippen LogP contribution in [0, 0.1) is 0 Å². The summed E-state index contributed by atoms with van der Waals surface area (Å²) in [5.74, 6) is -1.54. The third-order valence-electron chi connectivity index (χ3n) is 5.79. The number of rotatable bonds is 6. The molecule has 0 saturated carbocycles. The molecule has 2 aromatic rings. The summed E-state index contributed by atoms with van der Waals surface area (Å²) >= 11 is 0. The predicted molar refractivity (Wildman–Crippen MR) is 115 cm³/mol. The van der Waals surface area contributed by atoms with Gasteiger partial charge in [0.15, 0.2) is 0 Å². The second-order valence-corrected chi connectivity index (χ2v) is 7.87. The van der Waals surface area contributed by atoms with Crippen LogP contribution in [0.25, 0.3) is 11.1 Å². The van der Waals surface area contributed by atoms with Crippen LogP contribution >= 0.6 is 0 Å². The number of carboxylic acid groups (broad SMARTS) is 1. The van der Waals surface area contributed by atoms with Gasteiger partial charge in [-0.1, -0.05) is 54.6 Å². The summed E-state index contributed by atoms with van der Waals surface area (Å²) in [5, 5.41) is 14.1. The van der Waals surface area contributed by atoms with E-state index in [0.717, 1.165) is 11.1 Å². The molecule has 0 radical (unpaired) electrons. The Labute approximate surface area is 180 Å². The molecule has 160 valence electrons. The zero-order valence-electron chi connectivity index (χ0n) is 17.1. The van der Waals surface area contributed by atoms with E-state index < -0.39 is 24.0 Å². The maximum atomic E-state index is 12.4. The molecule has 2 unspecified atom stereocenters. The van der Waals surface area contributed by atoms with Gasteiger partial charge in [-0.15, -0.1) is 0 Å². The molecular weight excluding hydrogens is 396 g/mol. The fourth-order valence-electron chi connectivity index (χ4n) is 4.17. The minimum absolute atomic E-state index is 0.0151. The fourth-order valence-corrected chi connectivity index (χ4v) is 4.17. The van der Waals surface area contributed by atoms with Gasteiger partial charge in [0.1, 0.15) is 12.6 Å². The van der Waals surface area contributed by atoms with Crippen LogP contribution < -0.4 is 10.6 Å². The van der Waals surface area contributed by atoms with Crippen molar-refractivity contribution in [2.75, 3.05) is 6.61 Å². The Morgan fingerprint density at radius 1 is 1.06 bits per heavy atom. The number of hydrogen-bond acceptors (Lipinski definition) is 4. The van der Waals surface area contributed by atoms with Crippen molar-refractivity contribution in [3.05, 3.63) is 71.3 Å². The molecule has 2 atom stereocenters. The Kier molecular flexibility index (Phi) is 5.75.